The molecule has 1 heterocycles. The number of carbonyl (C=O) groups excluding carboxylic acids is 1. The van der Waals surface area contributed by atoms with Gasteiger partial charge in [-0.15, -0.1) is 11.8 Å². The number of piperidine rings is 1. The SMILES string of the molecule is CSc1ccc2c(c1)CC[C@H]1N(C)C(=O)CC[C@]21C. The quantitative estimate of drug-likeness (QED) is 0.733. The van der Waals surface area contributed by atoms with Gasteiger partial charge in [-0.1, -0.05) is 13.0 Å². The molecule has 0 aromatic heterocycles. The van der Waals surface area contributed by atoms with Gasteiger partial charge in [-0.2, -0.15) is 0 Å². The van der Waals surface area contributed by atoms with Crippen molar-refractivity contribution in [1.82, 2.24) is 4.90 Å². The molecular weight excluding hydrogens is 254 g/mol. The van der Waals surface area contributed by atoms with E-state index in [0.717, 1.165) is 19.3 Å². The molecule has 2 atom stereocenters. The van der Waals surface area contributed by atoms with Crippen LogP contribution in [0.2, 0.25) is 0 Å². The van der Waals surface area contributed by atoms with Crippen molar-refractivity contribution in [3.63, 3.8) is 0 Å². The second-order valence-electron chi connectivity index (χ2n) is 6.00. The van der Waals surface area contributed by atoms with E-state index in [9.17, 15) is 4.79 Å². The van der Waals surface area contributed by atoms with E-state index >= 15 is 0 Å². The maximum absolute atomic E-state index is 11.9. The van der Waals surface area contributed by atoms with Crippen LogP contribution in [0.5, 0.6) is 0 Å². The van der Waals surface area contributed by atoms with Crippen LogP contribution in [0.1, 0.15) is 37.3 Å². The van der Waals surface area contributed by atoms with E-state index in [1.807, 2.05) is 11.9 Å². The molecule has 1 aliphatic heterocycles. The highest BCUT2D eigenvalue weighted by Gasteiger charge is 2.46. The van der Waals surface area contributed by atoms with Crippen LogP contribution in [0.25, 0.3) is 0 Å². The highest BCUT2D eigenvalue weighted by molar-refractivity contribution is 7.98. The Kier molecular flexibility index (Phi) is 3.12. The molecule has 0 bridgehead atoms. The number of amides is 1. The fraction of sp³-hybridized carbons (Fsp3) is 0.562. The third-order valence-corrected chi connectivity index (χ3v) is 5.79. The largest absolute Gasteiger partial charge is 0.342 e. The molecule has 0 saturated carbocycles. The van der Waals surface area contributed by atoms with Crippen LogP contribution < -0.4 is 0 Å². The Morgan fingerprint density at radius 1 is 1.37 bits per heavy atom. The number of carbonyl (C=O) groups is 1. The molecule has 102 valence electrons. The first-order valence-corrected chi connectivity index (χ1v) is 8.22. The van der Waals surface area contributed by atoms with Crippen molar-refractivity contribution in [2.45, 2.75) is 49.0 Å². The van der Waals surface area contributed by atoms with E-state index < -0.39 is 0 Å². The van der Waals surface area contributed by atoms with Gasteiger partial charge in [0.1, 0.15) is 0 Å². The number of likely N-dealkylation sites (N-methyl/N-ethyl adjacent to an activating group) is 1. The van der Waals surface area contributed by atoms with Gasteiger partial charge in [0.2, 0.25) is 5.91 Å². The van der Waals surface area contributed by atoms with E-state index in [0.29, 0.717) is 18.4 Å². The van der Waals surface area contributed by atoms with E-state index in [4.69, 9.17) is 0 Å². The number of thioether (sulfide) groups is 1. The average molecular weight is 275 g/mol. The van der Waals surface area contributed by atoms with Crippen LogP contribution in [-0.2, 0) is 16.6 Å². The van der Waals surface area contributed by atoms with Crippen molar-refractivity contribution < 1.29 is 4.79 Å². The fourth-order valence-electron chi connectivity index (χ4n) is 3.89. The molecule has 0 spiro atoms. The molecule has 1 aromatic carbocycles. The zero-order valence-corrected chi connectivity index (χ0v) is 12.7. The summed E-state index contributed by atoms with van der Waals surface area (Å²) in [5.41, 5.74) is 3.11. The van der Waals surface area contributed by atoms with Crippen LogP contribution in [0, 0.1) is 0 Å². The lowest BCUT2D eigenvalue weighted by atomic mass is 9.63. The summed E-state index contributed by atoms with van der Waals surface area (Å²) in [6.07, 6.45) is 6.01. The Bertz CT molecular complexity index is 527. The first-order valence-electron chi connectivity index (χ1n) is 6.99. The molecule has 1 amide bonds. The van der Waals surface area contributed by atoms with Crippen LogP contribution in [-0.4, -0.2) is 30.2 Å². The topological polar surface area (TPSA) is 20.3 Å². The molecule has 2 nitrogen and oxygen atoms in total. The summed E-state index contributed by atoms with van der Waals surface area (Å²) in [6.45, 7) is 2.34. The molecule has 0 unspecified atom stereocenters. The number of aryl methyl sites for hydroxylation is 1. The minimum atomic E-state index is 0.146. The lowest BCUT2D eigenvalue weighted by molar-refractivity contribution is -0.138. The number of rotatable bonds is 1. The smallest absolute Gasteiger partial charge is 0.222 e. The van der Waals surface area contributed by atoms with Crippen LogP contribution in [0.4, 0.5) is 0 Å². The maximum atomic E-state index is 11.9. The van der Waals surface area contributed by atoms with Gasteiger partial charge in [0.25, 0.3) is 0 Å². The van der Waals surface area contributed by atoms with Gasteiger partial charge in [-0.25, -0.2) is 0 Å². The molecule has 1 aromatic rings. The summed E-state index contributed by atoms with van der Waals surface area (Å²) in [6, 6.07) is 7.25. The predicted octanol–water partition coefficient (Wildman–Crippen LogP) is 3.23. The standard InChI is InChI=1S/C16H21NOS/c1-16-9-8-15(18)17(2)14(16)7-4-11-10-12(19-3)5-6-13(11)16/h5-6,10,14H,4,7-9H2,1-3H3/t14-,16-/m1/s1. The minimum Gasteiger partial charge on any atom is -0.342 e. The number of hydrogen-bond acceptors (Lipinski definition) is 2. The van der Waals surface area contributed by atoms with E-state index in [2.05, 4.69) is 31.4 Å². The summed E-state index contributed by atoms with van der Waals surface area (Å²) in [7, 11) is 1.98. The Morgan fingerprint density at radius 2 is 2.16 bits per heavy atom. The van der Waals surface area contributed by atoms with Gasteiger partial charge in [-0.05, 0) is 48.8 Å². The molecule has 1 saturated heterocycles. The second-order valence-corrected chi connectivity index (χ2v) is 6.88. The monoisotopic (exact) mass is 275 g/mol. The van der Waals surface area contributed by atoms with Gasteiger partial charge in [0.15, 0.2) is 0 Å². The van der Waals surface area contributed by atoms with Gasteiger partial charge >= 0.3 is 0 Å². The summed E-state index contributed by atoms with van der Waals surface area (Å²) in [5.74, 6) is 0.312. The first kappa shape index (κ1) is 13.0. The molecular formula is C16H21NOS. The molecule has 3 rings (SSSR count). The lowest BCUT2D eigenvalue weighted by Crippen LogP contribution is -2.56. The number of benzene rings is 1. The summed E-state index contributed by atoms with van der Waals surface area (Å²) in [5, 5.41) is 0. The van der Waals surface area contributed by atoms with E-state index in [1.54, 1.807) is 11.8 Å². The molecule has 3 heteroatoms. The number of hydrogen-bond donors (Lipinski definition) is 0. The molecule has 0 radical (unpaired) electrons. The van der Waals surface area contributed by atoms with Gasteiger partial charge in [-0.3, -0.25) is 4.79 Å². The first-order chi connectivity index (χ1) is 9.06. The minimum absolute atomic E-state index is 0.146. The number of fused-ring (bicyclic) bond motifs is 3. The van der Waals surface area contributed by atoms with Crippen LogP contribution in [0.3, 0.4) is 0 Å². The van der Waals surface area contributed by atoms with Crippen molar-refractivity contribution in [3.8, 4) is 0 Å². The Morgan fingerprint density at radius 3 is 2.89 bits per heavy atom. The highest BCUT2D eigenvalue weighted by Crippen LogP contribution is 2.46. The van der Waals surface area contributed by atoms with Crippen LogP contribution in [0.15, 0.2) is 23.1 Å². The van der Waals surface area contributed by atoms with Crippen molar-refractivity contribution in [1.29, 1.82) is 0 Å². The molecule has 0 N–H and O–H groups in total. The van der Waals surface area contributed by atoms with Gasteiger partial charge < -0.3 is 4.90 Å². The van der Waals surface area contributed by atoms with Crippen molar-refractivity contribution in [2.75, 3.05) is 13.3 Å². The fourth-order valence-corrected chi connectivity index (χ4v) is 4.35. The van der Waals surface area contributed by atoms with E-state index in [-0.39, 0.29) is 5.41 Å². The average Bonchev–Trinajstić information content (AvgIpc) is 2.43. The third-order valence-electron chi connectivity index (χ3n) is 5.07. The zero-order valence-electron chi connectivity index (χ0n) is 11.9. The van der Waals surface area contributed by atoms with Gasteiger partial charge in [0, 0.05) is 29.8 Å². The van der Waals surface area contributed by atoms with E-state index in [1.165, 1.54) is 16.0 Å². The second kappa shape index (κ2) is 4.55. The normalized spacial score (nSPS) is 29.9. The summed E-state index contributed by atoms with van der Waals surface area (Å²) in [4.78, 5) is 15.3. The molecule has 1 fully saturated rings. The number of nitrogens with zero attached hydrogens (tertiary/aromatic N) is 1. The highest BCUT2D eigenvalue weighted by atomic mass is 32.2. The van der Waals surface area contributed by atoms with Gasteiger partial charge in [0.05, 0.1) is 0 Å². The Labute approximate surface area is 119 Å². The Balaban J connectivity index is 2.05. The van der Waals surface area contributed by atoms with Crippen molar-refractivity contribution >= 4 is 17.7 Å². The Hall–Kier alpha value is -0.960. The maximum Gasteiger partial charge on any atom is 0.222 e. The molecule has 1 aliphatic carbocycles. The molecule has 19 heavy (non-hydrogen) atoms. The van der Waals surface area contributed by atoms with Crippen LogP contribution >= 0.6 is 11.8 Å². The summed E-state index contributed by atoms with van der Waals surface area (Å²) >= 11 is 1.81. The lowest BCUT2D eigenvalue weighted by Gasteiger charge is -2.50. The summed E-state index contributed by atoms with van der Waals surface area (Å²) < 4.78 is 0. The van der Waals surface area contributed by atoms with Crippen molar-refractivity contribution in [2.24, 2.45) is 0 Å². The third kappa shape index (κ3) is 1.90. The predicted molar refractivity (Wildman–Crippen MR) is 79.7 cm³/mol. The molecule has 2 aliphatic rings. The number of likely N-dealkylation sites (tertiary alicyclic amines) is 1. The van der Waals surface area contributed by atoms with Crippen molar-refractivity contribution in [3.05, 3.63) is 29.3 Å². The zero-order chi connectivity index (χ0) is 13.6.